The van der Waals surface area contributed by atoms with Crippen molar-refractivity contribution in [2.75, 3.05) is 5.32 Å². The average Bonchev–Trinajstić information content (AvgIpc) is 2.40. The average molecular weight is 399 g/mol. The SMILES string of the molecule is FC(F)(F)c1cc(Br)ccc1NCc1cc(Cl)ccc1Cl. The zero-order valence-electron chi connectivity index (χ0n) is 10.4. The van der Waals surface area contributed by atoms with E-state index >= 15 is 0 Å². The van der Waals surface area contributed by atoms with Gasteiger partial charge in [0.05, 0.1) is 5.56 Å². The number of hydrogen-bond acceptors (Lipinski definition) is 1. The second-order valence-electron chi connectivity index (χ2n) is 4.28. The lowest BCUT2D eigenvalue weighted by Gasteiger charge is -2.15. The molecule has 0 unspecified atom stereocenters. The molecule has 112 valence electrons. The van der Waals surface area contributed by atoms with Gasteiger partial charge in [-0.2, -0.15) is 13.2 Å². The Morgan fingerprint density at radius 2 is 1.76 bits per heavy atom. The van der Waals surface area contributed by atoms with Crippen LogP contribution < -0.4 is 5.32 Å². The van der Waals surface area contributed by atoms with Crippen LogP contribution in [0.5, 0.6) is 0 Å². The van der Waals surface area contributed by atoms with E-state index in [-0.39, 0.29) is 12.2 Å². The zero-order valence-corrected chi connectivity index (χ0v) is 13.5. The molecule has 0 atom stereocenters. The fraction of sp³-hybridized carbons (Fsp3) is 0.143. The highest BCUT2D eigenvalue weighted by Gasteiger charge is 2.33. The van der Waals surface area contributed by atoms with Gasteiger partial charge in [-0.05, 0) is 42.0 Å². The van der Waals surface area contributed by atoms with Gasteiger partial charge >= 0.3 is 6.18 Å². The lowest BCUT2D eigenvalue weighted by atomic mass is 10.1. The predicted molar refractivity (Wildman–Crippen MR) is 82.9 cm³/mol. The van der Waals surface area contributed by atoms with E-state index in [4.69, 9.17) is 23.2 Å². The van der Waals surface area contributed by atoms with Crippen LogP contribution in [0.3, 0.4) is 0 Å². The van der Waals surface area contributed by atoms with E-state index in [0.29, 0.717) is 20.1 Å². The van der Waals surface area contributed by atoms with Crippen LogP contribution in [0.15, 0.2) is 40.9 Å². The third-order valence-electron chi connectivity index (χ3n) is 2.76. The van der Waals surface area contributed by atoms with Crippen molar-refractivity contribution < 1.29 is 13.2 Å². The van der Waals surface area contributed by atoms with Crippen molar-refractivity contribution in [1.29, 1.82) is 0 Å². The summed E-state index contributed by atoms with van der Waals surface area (Å²) in [6.45, 7) is 0.143. The van der Waals surface area contributed by atoms with E-state index in [0.717, 1.165) is 6.07 Å². The van der Waals surface area contributed by atoms with Gasteiger partial charge in [0, 0.05) is 26.8 Å². The maximum absolute atomic E-state index is 13.0. The van der Waals surface area contributed by atoms with Gasteiger partial charge in [0.1, 0.15) is 0 Å². The number of rotatable bonds is 3. The zero-order chi connectivity index (χ0) is 15.6. The van der Waals surface area contributed by atoms with Crippen LogP contribution in [0.4, 0.5) is 18.9 Å². The van der Waals surface area contributed by atoms with Gasteiger partial charge < -0.3 is 5.32 Å². The van der Waals surface area contributed by atoms with E-state index in [2.05, 4.69) is 21.2 Å². The minimum atomic E-state index is -4.44. The van der Waals surface area contributed by atoms with Crippen molar-refractivity contribution in [3.05, 3.63) is 62.0 Å². The van der Waals surface area contributed by atoms with Crippen LogP contribution >= 0.6 is 39.1 Å². The summed E-state index contributed by atoms with van der Waals surface area (Å²) < 4.78 is 39.3. The third kappa shape index (κ3) is 4.28. The molecule has 2 aromatic rings. The summed E-state index contributed by atoms with van der Waals surface area (Å²) in [5.74, 6) is 0. The quantitative estimate of drug-likeness (QED) is 0.631. The molecule has 0 amide bonds. The molecule has 1 nitrogen and oxygen atoms in total. The van der Waals surface area contributed by atoms with Gasteiger partial charge in [0.25, 0.3) is 0 Å². The smallest absolute Gasteiger partial charge is 0.380 e. The van der Waals surface area contributed by atoms with E-state index in [1.54, 1.807) is 18.2 Å². The molecule has 0 saturated carbocycles. The fourth-order valence-corrected chi connectivity index (χ4v) is 2.51. The molecule has 7 heteroatoms. The number of anilines is 1. The fourth-order valence-electron chi connectivity index (χ4n) is 1.77. The molecule has 0 radical (unpaired) electrons. The lowest BCUT2D eigenvalue weighted by Crippen LogP contribution is -2.11. The topological polar surface area (TPSA) is 12.0 Å². The Morgan fingerprint density at radius 1 is 1.05 bits per heavy atom. The molecular formula is C14H9BrCl2F3N. The monoisotopic (exact) mass is 397 g/mol. The third-order valence-corrected chi connectivity index (χ3v) is 3.86. The van der Waals surface area contributed by atoms with Crippen LogP contribution in [0.25, 0.3) is 0 Å². The molecule has 0 aromatic heterocycles. The van der Waals surface area contributed by atoms with Crippen molar-refractivity contribution in [3.63, 3.8) is 0 Å². The van der Waals surface area contributed by atoms with Crippen molar-refractivity contribution in [2.24, 2.45) is 0 Å². The number of nitrogens with one attached hydrogen (secondary N) is 1. The highest BCUT2D eigenvalue weighted by Crippen LogP contribution is 2.37. The molecule has 21 heavy (non-hydrogen) atoms. The van der Waals surface area contributed by atoms with Crippen LogP contribution in [0.2, 0.25) is 10.0 Å². The molecule has 0 aliphatic heterocycles. The Kier molecular flexibility index (Phi) is 5.07. The first kappa shape index (κ1) is 16.5. The minimum absolute atomic E-state index is 0.0123. The summed E-state index contributed by atoms with van der Waals surface area (Å²) in [4.78, 5) is 0. The number of halogens is 6. The van der Waals surface area contributed by atoms with E-state index in [1.165, 1.54) is 12.1 Å². The van der Waals surface area contributed by atoms with Gasteiger partial charge in [-0.3, -0.25) is 0 Å². The van der Waals surface area contributed by atoms with Crippen LogP contribution in [-0.2, 0) is 12.7 Å². The summed E-state index contributed by atoms with van der Waals surface area (Å²) in [6, 6.07) is 8.77. The molecular weight excluding hydrogens is 390 g/mol. The minimum Gasteiger partial charge on any atom is -0.380 e. The van der Waals surface area contributed by atoms with Crippen molar-refractivity contribution in [3.8, 4) is 0 Å². The Balaban J connectivity index is 2.26. The number of benzene rings is 2. The van der Waals surface area contributed by atoms with E-state index < -0.39 is 11.7 Å². The molecule has 2 aromatic carbocycles. The molecule has 2 rings (SSSR count). The summed E-state index contributed by atoms with van der Waals surface area (Å²) in [5.41, 5.74) is -0.128. The Labute approximate surface area is 138 Å². The maximum atomic E-state index is 13.0. The van der Waals surface area contributed by atoms with Gasteiger partial charge in [-0.25, -0.2) is 0 Å². The van der Waals surface area contributed by atoms with Gasteiger partial charge in [0.2, 0.25) is 0 Å². The standard InChI is InChI=1S/C14H9BrCl2F3N/c15-9-1-4-13(11(6-9)14(18,19)20)21-7-8-5-10(16)2-3-12(8)17/h1-6,21H,7H2. The first-order valence-corrected chi connectivity index (χ1v) is 7.37. The molecule has 1 N–H and O–H groups in total. The van der Waals surface area contributed by atoms with Crippen LogP contribution in [0, 0.1) is 0 Å². The first-order valence-electron chi connectivity index (χ1n) is 5.82. The molecule has 0 heterocycles. The van der Waals surface area contributed by atoms with Crippen molar-refractivity contribution >= 4 is 44.8 Å². The van der Waals surface area contributed by atoms with Gasteiger partial charge in [-0.1, -0.05) is 39.1 Å². The molecule has 0 aliphatic carbocycles. The highest BCUT2D eigenvalue weighted by molar-refractivity contribution is 9.10. The van der Waals surface area contributed by atoms with E-state index in [1.807, 2.05) is 0 Å². The second-order valence-corrected chi connectivity index (χ2v) is 6.04. The van der Waals surface area contributed by atoms with Gasteiger partial charge in [0.15, 0.2) is 0 Å². The lowest BCUT2D eigenvalue weighted by molar-refractivity contribution is -0.137. The van der Waals surface area contributed by atoms with Gasteiger partial charge in [-0.15, -0.1) is 0 Å². The Hall–Kier alpha value is -0.910. The summed E-state index contributed by atoms with van der Waals surface area (Å²) in [6.07, 6.45) is -4.44. The summed E-state index contributed by atoms with van der Waals surface area (Å²) in [7, 11) is 0. The normalized spacial score (nSPS) is 11.5. The van der Waals surface area contributed by atoms with Crippen molar-refractivity contribution in [1.82, 2.24) is 0 Å². The molecule has 0 bridgehead atoms. The van der Waals surface area contributed by atoms with Crippen molar-refractivity contribution in [2.45, 2.75) is 12.7 Å². The predicted octanol–water partition coefficient (Wildman–Crippen LogP) is 6.39. The number of alkyl halides is 3. The number of hydrogen-bond donors (Lipinski definition) is 1. The van der Waals surface area contributed by atoms with Crippen LogP contribution in [-0.4, -0.2) is 0 Å². The highest BCUT2D eigenvalue weighted by atomic mass is 79.9. The summed E-state index contributed by atoms with van der Waals surface area (Å²) in [5, 5.41) is 3.66. The molecule has 0 saturated heterocycles. The molecule has 0 fully saturated rings. The maximum Gasteiger partial charge on any atom is 0.418 e. The summed E-state index contributed by atoms with van der Waals surface area (Å²) >= 11 is 14.9. The Morgan fingerprint density at radius 3 is 2.43 bits per heavy atom. The van der Waals surface area contributed by atoms with Crippen LogP contribution in [0.1, 0.15) is 11.1 Å². The second kappa shape index (κ2) is 6.46. The first-order chi connectivity index (χ1) is 9.77. The molecule has 0 spiro atoms. The largest absolute Gasteiger partial charge is 0.418 e. The van der Waals surface area contributed by atoms with E-state index in [9.17, 15) is 13.2 Å². The molecule has 0 aliphatic rings. The Bertz CT molecular complexity index is 659.